The van der Waals surface area contributed by atoms with E-state index >= 15 is 0 Å². The molecular formula is C18H17NO. The Labute approximate surface area is 119 Å². The van der Waals surface area contributed by atoms with Gasteiger partial charge in [-0.3, -0.25) is 4.79 Å². The van der Waals surface area contributed by atoms with Crippen LogP contribution in [0.5, 0.6) is 0 Å². The van der Waals surface area contributed by atoms with Crippen LogP contribution in [0.2, 0.25) is 0 Å². The lowest BCUT2D eigenvalue weighted by atomic mass is 10.0. The summed E-state index contributed by atoms with van der Waals surface area (Å²) < 4.78 is 0. The van der Waals surface area contributed by atoms with E-state index in [1.165, 1.54) is 19.3 Å². The fourth-order valence-electron chi connectivity index (χ4n) is 2.54. The van der Waals surface area contributed by atoms with E-state index in [1.54, 1.807) is 0 Å². The highest BCUT2D eigenvalue weighted by molar-refractivity contribution is 6.10. The summed E-state index contributed by atoms with van der Waals surface area (Å²) in [6.45, 7) is 1.97. The molecule has 0 N–H and O–H groups in total. The predicted octanol–water partition coefficient (Wildman–Crippen LogP) is 3.47. The van der Waals surface area contributed by atoms with Crippen LogP contribution in [0.1, 0.15) is 29.6 Å². The number of piperidine rings is 1. The van der Waals surface area contributed by atoms with Crippen LogP contribution in [0.4, 0.5) is 0 Å². The van der Waals surface area contributed by atoms with Gasteiger partial charge in [0, 0.05) is 24.7 Å². The molecule has 1 heterocycles. The van der Waals surface area contributed by atoms with E-state index in [2.05, 4.69) is 16.9 Å². The molecule has 2 aromatic rings. The molecule has 1 saturated heterocycles. The van der Waals surface area contributed by atoms with E-state index in [0.29, 0.717) is 5.56 Å². The molecule has 0 aromatic heterocycles. The molecular weight excluding hydrogens is 246 g/mol. The smallest absolute Gasteiger partial charge is 0.237 e. The molecule has 20 heavy (non-hydrogen) atoms. The number of fused-ring (bicyclic) bond motifs is 1. The number of likely N-dealkylation sites (tertiary alicyclic amines) is 1. The first-order chi connectivity index (χ1) is 9.83. The molecule has 0 bridgehead atoms. The van der Waals surface area contributed by atoms with Crippen molar-refractivity contribution in [1.82, 2.24) is 4.90 Å². The standard InChI is InChI=1S/C18H17NO/c20-18(10-13-19-11-4-1-5-12-19)17-9-8-15-6-2-3-7-16(15)14-17/h2-3,6-9,14H,1,4-5,11-12H2. The number of rotatable bonds is 1. The lowest BCUT2D eigenvalue weighted by molar-refractivity contribution is 0.105. The second-order valence-corrected chi connectivity index (χ2v) is 5.18. The van der Waals surface area contributed by atoms with E-state index in [1.807, 2.05) is 42.5 Å². The maximum atomic E-state index is 12.1. The second kappa shape index (κ2) is 5.79. The van der Waals surface area contributed by atoms with Crippen LogP contribution in [0.3, 0.4) is 0 Å². The number of hydrogen-bond acceptors (Lipinski definition) is 2. The van der Waals surface area contributed by atoms with Crippen LogP contribution in [0, 0.1) is 12.0 Å². The second-order valence-electron chi connectivity index (χ2n) is 5.18. The van der Waals surface area contributed by atoms with Gasteiger partial charge < -0.3 is 4.90 Å². The first-order valence-corrected chi connectivity index (χ1v) is 7.13. The maximum Gasteiger partial charge on any atom is 0.237 e. The topological polar surface area (TPSA) is 20.3 Å². The molecule has 0 radical (unpaired) electrons. The number of Topliss-reactive ketones (excluding diaryl/α,β-unsaturated/α-hetero) is 1. The zero-order chi connectivity index (χ0) is 13.8. The maximum absolute atomic E-state index is 12.1. The largest absolute Gasteiger partial charge is 0.332 e. The number of ketones is 1. The van der Waals surface area contributed by atoms with Gasteiger partial charge in [0.25, 0.3) is 0 Å². The van der Waals surface area contributed by atoms with Crippen molar-refractivity contribution >= 4 is 16.6 Å². The van der Waals surface area contributed by atoms with Crippen LogP contribution >= 0.6 is 0 Å². The highest BCUT2D eigenvalue weighted by Crippen LogP contribution is 2.15. The van der Waals surface area contributed by atoms with Crippen LogP contribution in [0.25, 0.3) is 10.8 Å². The number of nitrogens with zero attached hydrogens (tertiary/aromatic N) is 1. The predicted molar refractivity (Wildman–Crippen MR) is 81.5 cm³/mol. The Balaban J connectivity index is 1.80. The molecule has 0 atom stereocenters. The Morgan fingerprint density at radius 1 is 0.950 bits per heavy atom. The molecule has 2 nitrogen and oxygen atoms in total. The van der Waals surface area contributed by atoms with E-state index in [4.69, 9.17) is 0 Å². The third-order valence-electron chi connectivity index (χ3n) is 3.70. The minimum absolute atomic E-state index is 0.0960. The Bertz CT molecular complexity index is 687. The van der Waals surface area contributed by atoms with Gasteiger partial charge in [0.05, 0.1) is 0 Å². The van der Waals surface area contributed by atoms with Gasteiger partial charge in [0.15, 0.2) is 0 Å². The average molecular weight is 263 g/mol. The van der Waals surface area contributed by atoms with Crippen molar-refractivity contribution in [2.75, 3.05) is 13.1 Å². The van der Waals surface area contributed by atoms with Crippen LogP contribution < -0.4 is 0 Å². The van der Waals surface area contributed by atoms with Crippen molar-refractivity contribution in [2.24, 2.45) is 0 Å². The molecule has 0 unspecified atom stereocenters. The average Bonchev–Trinajstić information content (AvgIpc) is 2.53. The molecule has 2 aromatic carbocycles. The van der Waals surface area contributed by atoms with Gasteiger partial charge in [0.2, 0.25) is 5.78 Å². The van der Waals surface area contributed by atoms with Gasteiger partial charge in [0.1, 0.15) is 0 Å². The summed E-state index contributed by atoms with van der Waals surface area (Å²) in [5, 5.41) is 2.23. The number of carbonyl (C=O) groups is 1. The quantitative estimate of drug-likeness (QED) is 0.580. The molecule has 1 aliphatic rings. The summed E-state index contributed by atoms with van der Waals surface area (Å²) in [7, 11) is 0. The molecule has 1 aliphatic heterocycles. The summed E-state index contributed by atoms with van der Waals surface area (Å²) >= 11 is 0. The lowest BCUT2D eigenvalue weighted by Gasteiger charge is -2.21. The number of hydrogen-bond donors (Lipinski definition) is 0. The van der Waals surface area contributed by atoms with Crippen molar-refractivity contribution in [3.8, 4) is 12.0 Å². The van der Waals surface area contributed by atoms with Gasteiger partial charge in [-0.15, -0.1) is 0 Å². The van der Waals surface area contributed by atoms with Gasteiger partial charge in [-0.2, -0.15) is 0 Å². The summed E-state index contributed by atoms with van der Waals surface area (Å²) in [4.78, 5) is 14.2. The molecule has 0 amide bonds. The zero-order valence-corrected chi connectivity index (χ0v) is 11.4. The molecule has 0 spiro atoms. The van der Waals surface area contributed by atoms with Crippen molar-refractivity contribution in [3.05, 3.63) is 48.0 Å². The van der Waals surface area contributed by atoms with Crippen LogP contribution in [-0.4, -0.2) is 23.8 Å². The van der Waals surface area contributed by atoms with E-state index in [9.17, 15) is 4.79 Å². The summed E-state index contributed by atoms with van der Waals surface area (Å²) in [6.07, 6.45) is 3.63. The van der Waals surface area contributed by atoms with Crippen molar-refractivity contribution in [3.63, 3.8) is 0 Å². The summed E-state index contributed by atoms with van der Waals surface area (Å²) in [6, 6.07) is 16.8. The monoisotopic (exact) mass is 263 g/mol. The fraction of sp³-hybridized carbons (Fsp3) is 0.278. The van der Waals surface area contributed by atoms with E-state index in [-0.39, 0.29) is 5.78 Å². The minimum atomic E-state index is -0.0960. The fourth-order valence-corrected chi connectivity index (χ4v) is 2.54. The third-order valence-corrected chi connectivity index (χ3v) is 3.70. The highest BCUT2D eigenvalue weighted by Gasteiger charge is 2.07. The Morgan fingerprint density at radius 3 is 2.50 bits per heavy atom. The van der Waals surface area contributed by atoms with Crippen molar-refractivity contribution in [2.45, 2.75) is 19.3 Å². The zero-order valence-electron chi connectivity index (χ0n) is 11.4. The van der Waals surface area contributed by atoms with Gasteiger partial charge >= 0.3 is 0 Å². The molecule has 0 saturated carbocycles. The SMILES string of the molecule is O=C(C#CN1CCCCC1)c1ccc2ccccc2c1. The van der Waals surface area contributed by atoms with Gasteiger partial charge in [-0.1, -0.05) is 30.3 Å². The van der Waals surface area contributed by atoms with Crippen molar-refractivity contribution < 1.29 is 4.79 Å². The van der Waals surface area contributed by atoms with Gasteiger partial charge in [-0.05, 0) is 48.1 Å². The first kappa shape index (κ1) is 12.7. The Hall–Kier alpha value is -2.27. The van der Waals surface area contributed by atoms with Crippen LogP contribution in [-0.2, 0) is 0 Å². The van der Waals surface area contributed by atoms with Gasteiger partial charge in [-0.25, -0.2) is 0 Å². The normalized spacial score (nSPS) is 14.7. The molecule has 100 valence electrons. The molecule has 0 aliphatic carbocycles. The Kier molecular flexibility index (Phi) is 3.69. The lowest BCUT2D eigenvalue weighted by Crippen LogP contribution is -2.24. The Morgan fingerprint density at radius 2 is 1.70 bits per heavy atom. The number of carbonyl (C=O) groups excluding carboxylic acids is 1. The molecule has 3 rings (SSSR count). The highest BCUT2D eigenvalue weighted by atomic mass is 16.1. The van der Waals surface area contributed by atoms with Crippen LogP contribution in [0.15, 0.2) is 42.5 Å². The third kappa shape index (κ3) is 2.83. The van der Waals surface area contributed by atoms with E-state index in [0.717, 1.165) is 23.9 Å². The minimum Gasteiger partial charge on any atom is -0.332 e. The summed E-state index contributed by atoms with van der Waals surface area (Å²) in [5.41, 5.74) is 0.674. The molecule has 1 fully saturated rings. The van der Waals surface area contributed by atoms with E-state index < -0.39 is 0 Å². The number of benzene rings is 2. The first-order valence-electron chi connectivity index (χ1n) is 7.13. The summed E-state index contributed by atoms with van der Waals surface area (Å²) in [5.74, 6) is 2.67. The van der Waals surface area contributed by atoms with Crippen molar-refractivity contribution in [1.29, 1.82) is 0 Å². The molecule has 2 heteroatoms.